The molecule has 1 aliphatic heterocycles. The Balaban J connectivity index is 0.00000338. The molecule has 2 heterocycles. The Bertz CT molecular complexity index is 550. The SMILES string of the molecule is CCNC(=NCCC(=O)N1CCCC(C)C1)N(C)CCc1cccs1.I. The van der Waals surface area contributed by atoms with Gasteiger partial charge in [0.05, 0.1) is 6.54 Å². The Labute approximate surface area is 179 Å². The van der Waals surface area contributed by atoms with Gasteiger partial charge in [0.1, 0.15) is 0 Å². The van der Waals surface area contributed by atoms with E-state index >= 15 is 0 Å². The van der Waals surface area contributed by atoms with Crippen molar-refractivity contribution in [3.05, 3.63) is 22.4 Å². The number of hydrogen-bond acceptors (Lipinski definition) is 3. The Kier molecular flexibility index (Phi) is 11.2. The normalized spacial score (nSPS) is 17.6. The van der Waals surface area contributed by atoms with Crippen LogP contribution in [0.25, 0.3) is 0 Å². The van der Waals surface area contributed by atoms with Crippen LogP contribution in [0.15, 0.2) is 22.5 Å². The molecule has 1 aromatic rings. The number of guanidine groups is 1. The molecule has 1 amide bonds. The Morgan fingerprint density at radius 1 is 1.50 bits per heavy atom. The molecule has 0 aliphatic carbocycles. The fourth-order valence-corrected chi connectivity index (χ4v) is 3.84. The number of amides is 1. The third-order valence-corrected chi connectivity index (χ3v) is 5.50. The van der Waals surface area contributed by atoms with E-state index in [9.17, 15) is 4.79 Å². The second kappa shape index (κ2) is 12.5. The monoisotopic (exact) mass is 492 g/mol. The topological polar surface area (TPSA) is 47.9 Å². The molecule has 0 radical (unpaired) electrons. The summed E-state index contributed by atoms with van der Waals surface area (Å²) in [4.78, 5) is 22.6. The average Bonchev–Trinajstić information content (AvgIpc) is 3.12. The minimum absolute atomic E-state index is 0. The molecule has 0 spiro atoms. The summed E-state index contributed by atoms with van der Waals surface area (Å²) in [5.41, 5.74) is 0. The van der Waals surface area contributed by atoms with E-state index in [4.69, 9.17) is 0 Å². The third kappa shape index (κ3) is 7.82. The fourth-order valence-electron chi connectivity index (χ4n) is 3.14. The maximum atomic E-state index is 12.4. The molecule has 0 saturated carbocycles. The number of likely N-dealkylation sites (tertiary alicyclic amines) is 1. The van der Waals surface area contributed by atoms with Gasteiger partial charge in [0.15, 0.2) is 5.96 Å². The van der Waals surface area contributed by atoms with Crippen LogP contribution in [0.5, 0.6) is 0 Å². The summed E-state index contributed by atoms with van der Waals surface area (Å²) in [6.07, 6.45) is 3.88. The van der Waals surface area contributed by atoms with Gasteiger partial charge in [-0.25, -0.2) is 0 Å². The lowest BCUT2D eigenvalue weighted by atomic mass is 10.00. The van der Waals surface area contributed by atoms with Crippen molar-refractivity contribution in [3.63, 3.8) is 0 Å². The van der Waals surface area contributed by atoms with E-state index in [1.807, 2.05) is 4.90 Å². The lowest BCUT2D eigenvalue weighted by Crippen LogP contribution is -2.41. The Morgan fingerprint density at radius 3 is 2.96 bits per heavy atom. The predicted octanol–water partition coefficient (Wildman–Crippen LogP) is 3.45. The van der Waals surface area contributed by atoms with Crippen LogP contribution in [0.4, 0.5) is 0 Å². The summed E-state index contributed by atoms with van der Waals surface area (Å²) < 4.78 is 0. The number of hydrogen-bond donors (Lipinski definition) is 1. The number of rotatable bonds is 7. The molecule has 5 nitrogen and oxygen atoms in total. The maximum Gasteiger partial charge on any atom is 0.224 e. The van der Waals surface area contributed by atoms with Crippen LogP contribution in [-0.2, 0) is 11.2 Å². The summed E-state index contributed by atoms with van der Waals surface area (Å²) in [5.74, 6) is 1.76. The van der Waals surface area contributed by atoms with Crippen LogP contribution < -0.4 is 5.32 Å². The lowest BCUT2D eigenvalue weighted by Gasteiger charge is -2.31. The van der Waals surface area contributed by atoms with E-state index < -0.39 is 0 Å². The molecule has 26 heavy (non-hydrogen) atoms. The van der Waals surface area contributed by atoms with E-state index in [0.717, 1.165) is 45.0 Å². The van der Waals surface area contributed by atoms with Crippen molar-refractivity contribution in [3.8, 4) is 0 Å². The molecule has 0 bridgehead atoms. The zero-order valence-electron chi connectivity index (χ0n) is 16.2. The van der Waals surface area contributed by atoms with Gasteiger partial charge in [-0.1, -0.05) is 13.0 Å². The van der Waals surface area contributed by atoms with Gasteiger partial charge in [-0.05, 0) is 43.6 Å². The number of aliphatic imine (C=N–C) groups is 1. The first-order valence-electron chi connectivity index (χ1n) is 9.39. The van der Waals surface area contributed by atoms with Crippen molar-refractivity contribution < 1.29 is 4.79 Å². The number of carbonyl (C=O) groups is 1. The molecule has 1 aliphatic rings. The summed E-state index contributed by atoms with van der Waals surface area (Å²) in [5, 5.41) is 5.44. The number of carbonyl (C=O) groups excluding carboxylic acids is 1. The zero-order valence-corrected chi connectivity index (χ0v) is 19.4. The van der Waals surface area contributed by atoms with Gasteiger partial charge in [0.2, 0.25) is 5.91 Å². The molecule has 2 rings (SSSR count). The van der Waals surface area contributed by atoms with E-state index in [1.54, 1.807) is 11.3 Å². The summed E-state index contributed by atoms with van der Waals surface area (Å²) in [7, 11) is 2.06. The number of nitrogens with one attached hydrogen (secondary N) is 1. The Hall–Kier alpha value is -0.830. The van der Waals surface area contributed by atoms with Gasteiger partial charge >= 0.3 is 0 Å². The average molecular weight is 492 g/mol. The van der Waals surface area contributed by atoms with Crippen LogP contribution in [0, 0.1) is 5.92 Å². The van der Waals surface area contributed by atoms with E-state index in [0.29, 0.717) is 18.9 Å². The molecule has 7 heteroatoms. The summed E-state index contributed by atoms with van der Waals surface area (Å²) in [6.45, 7) is 8.42. The van der Waals surface area contributed by atoms with Gasteiger partial charge < -0.3 is 15.1 Å². The van der Waals surface area contributed by atoms with E-state index in [1.165, 1.54) is 11.3 Å². The van der Waals surface area contributed by atoms with E-state index in [-0.39, 0.29) is 29.9 Å². The smallest absolute Gasteiger partial charge is 0.224 e. The van der Waals surface area contributed by atoms with Crippen molar-refractivity contribution in [1.29, 1.82) is 0 Å². The van der Waals surface area contributed by atoms with Gasteiger partial charge in [-0.2, -0.15) is 0 Å². The molecule has 1 atom stereocenters. The first kappa shape index (κ1) is 23.2. The third-order valence-electron chi connectivity index (χ3n) is 4.57. The van der Waals surface area contributed by atoms with E-state index in [2.05, 4.69) is 53.6 Å². The van der Waals surface area contributed by atoms with Gasteiger partial charge in [0.25, 0.3) is 0 Å². The molecule has 1 saturated heterocycles. The number of piperidine rings is 1. The zero-order chi connectivity index (χ0) is 18.1. The molecule has 1 aromatic heterocycles. The summed E-state index contributed by atoms with van der Waals surface area (Å²) in [6, 6.07) is 4.26. The first-order valence-corrected chi connectivity index (χ1v) is 10.3. The lowest BCUT2D eigenvalue weighted by molar-refractivity contribution is -0.132. The number of thiophene rings is 1. The van der Waals surface area contributed by atoms with Crippen LogP contribution >= 0.6 is 35.3 Å². The minimum atomic E-state index is 0. The highest BCUT2D eigenvalue weighted by Crippen LogP contribution is 2.16. The maximum absolute atomic E-state index is 12.4. The van der Waals surface area contributed by atoms with Gasteiger partial charge in [-0.3, -0.25) is 9.79 Å². The molecule has 1 unspecified atom stereocenters. The highest BCUT2D eigenvalue weighted by atomic mass is 127. The van der Waals surface area contributed by atoms with Crippen LogP contribution in [0.2, 0.25) is 0 Å². The van der Waals surface area contributed by atoms with Crippen molar-refractivity contribution >= 4 is 47.2 Å². The quantitative estimate of drug-likeness (QED) is 0.361. The van der Waals surface area contributed by atoms with Crippen LogP contribution in [-0.4, -0.2) is 61.4 Å². The van der Waals surface area contributed by atoms with Crippen molar-refractivity contribution in [2.45, 2.75) is 39.5 Å². The molecule has 1 N–H and O–H groups in total. The van der Waals surface area contributed by atoms with Crippen molar-refractivity contribution in [2.24, 2.45) is 10.9 Å². The second-order valence-corrected chi connectivity index (χ2v) is 7.86. The van der Waals surface area contributed by atoms with Gasteiger partial charge in [-0.15, -0.1) is 35.3 Å². The number of likely N-dealkylation sites (N-methyl/N-ethyl adjacent to an activating group) is 1. The van der Waals surface area contributed by atoms with Crippen molar-refractivity contribution in [2.75, 3.05) is 39.8 Å². The highest BCUT2D eigenvalue weighted by Gasteiger charge is 2.20. The molecule has 0 aromatic carbocycles. The molecule has 1 fully saturated rings. The minimum Gasteiger partial charge on any atom is -0.357 e. The number of nitrogens with zero attached hydrogens (tertiary/aromatic N) is 3. The van der Waals surface area contributed by atoms with Crippen molar-refractivity contribution in [1.82, 2.24) is 15.1 Å². The fraction of sp³-hybridized carbons (Fsp3) is 0.684. The predicted molar refractivity (Wildman–Crippen MR) is 122 cm³/mol. The second-order valence-electron chi connectivity index (χ2n) is 6.82. The number of halogens is 1. The van der Waals surface area contributed by atoms with Gasteiger partial charge in [0, 0.05) is 44.5 Å². The highest BCUT2D eigenvalue weighted by molar-refractivity contribution is 14.0. The molecule has 148 valence electrons. The largest absolute Gasteiger partial charge is 0.357 e. The Morgan fingerprint density at radius 2 is 2.31 bits per heavy atom. The summed E-state index contributed by atoms with van der Waals surface area (Å²) >= 11 is 1.79. The van der Waals surface area contributed by atoms with Crippen LogP contribution in [0.3, 0.4) is 0 Å². The molecular weight excluding hydrogens is 459 g/mol. The standard InChI is InChI=1S/C19H32N4OS.HI/c1-4-20-19(22(3)13-10-17-8-6-14-25-17)21-11-9-18(24)23-12-5-7-16(2)15-23;/h6,8,14,16H,4-5,7,9-13,15H2,1-3H3,(H,20,21);1H. The van der Waals surface area contributed by atoms with Crippen LogP contribution in [0.1, 0.15) is 38.0 Å². The first-order chi connectivity index (χ1) is 12.1. The molecular formula is C19H33IN4OS.